The molecule has 28 heteroatoms. The molecule has 1 aliphatic carbocycles. The van der Waals surface area contributed by atoms with Gasteiger partial charge in [-0.3, -0.25) is 38.4 Å². The lowest BCUT2D eigenvalue weighted by molar-refractivity contribution is -0.147. The first-order chi connectivity index (χ1) is 58.0. The number of rotatable bonds is 14. The number of likely N-dealkylation sites (N-methyl/N-ethyl adjacent to an activating group) is 1. The van der Waals surface area contributed by atoms with Crippen LogP contribution in [0, 0.1) is 5.92 Å². The Kier molecular flexibility index (Phi) is 26.1. The third-order valence-electron chi connectivity index (χ3n) is 22.4. The van der Waals surface area contributed by atoms with Gasteiger partial charge in [0, 0.05) is 138 Å². The number of ether oxygens (including phenoxy) is 4. The van der Waals surface area contributed by atoms with Crippen LogP contribution in [0.25, 0.3) is 43.6 Å². The maximum absolute atomic E-state index is 13.2. The van der Waals surface area contributed by atoms with Crippen LogP contribution in [0.2, 0.25) is 20.1 Å². The predicted octanol–water partition coefficient (Wildman–Crippen LogP) is 14.9. The third kappa shape index (κ3) is 18.0. The first-order valence-electron chi connectivity index (χ1n) is 40.1. The number of nitrogens with one attached hydrogen (secondary N) is 8. The molecule has 4 aliphatic heterocycles. The van der Waals surface area contributed by atoms with E-state index in [9.17, 15) is 38.4 Å². The lowest BCUT2D eigenvalue weighted by Crippen LogP contribution is -2.49. The van der Waals surface area contributed by atoms with Crippen molar-refractivity contribution in [2.75, 3.05) is 74.3 Å². The van der Waals surface area contributed by atoms with Crippen molar-refractivity contribution >= 4 is 137 Å². The van der Waals surface area contributed by atoms with E-state index in [1.165, 1.54) is 0 Å². The van der Waals surface area contributed by atoms with Crippen molar-refractivity contribution in [3.63, 3.8) is 0 Å². The lowest BCUT2D eigenvalue weighted by atomic mass is 9.92. The molecule has 5 aliphatic rings. The number of benzene rings is 8. The van der Waals surface area contributed by atoms with Gasteiger partial charge in [0.2, 0.25) is 0 Å². The fourth-order valence-electron chi connectivity index (χ4n) is 16.5. The Labute approximate surface area is 714 Å². The summed E-state index contributed by atoms with van der Waals surface area (Å²) in [5.74, 6) is -0.924. The number of amides is 8. The Morgan fingerprint density at radius 1 is 0.375 bits per heavy atom. The van der Waals surface area contributed by atoms with E-state index in [1.807, 2.05) is 191 Å². The average molecular weight is 1700 g/mol. The second-order valence-electron chi connectivity index (χ2n) is 30.4. The van der Waals surface area contributed by atoms with Crippen molar-refractivity contribution in [1.82, 2.24) is 60.8 Å². The Morgan fingerprint density at radius 3 is 0.892 bits per heavy atom. The highest BCUT2D eigenvalue weighted by molar-refractivity contribution is 6.37. The average Bonchev–Trinajstić information content (AvgIpc) is 1.61. The summed E-state index contributed by atoms with van der Waals surface area (Å²) < 4.78 is 21.1. The van der Waals surface area contributed by atoms with Gasteiger partial charge in [0.15, 0.2) is 0 Å². The number of carbonyl (C=O) groups excluding carboxylic acids is 8. The molecule has 0 bridgehead atoms. The summed E-state index contributed by atoms with van der Waals surface area (Å²) >= 11 is 24.9. The lowest BCUT2D eigenvalue weighted by Gasteiger charge is -2.36. The molecule has 12 aromatic rings. The van der Waals surface area contributed by atoms with Gasteiger partial charge >= 0.3 is 47.3 Å². The fraction of sp³-hybridized carbons (Fsp3) is 0.304. The summed E-state index contributed by atoms with van der Waals surface area (Å²) in [4.78, 5) is 123. The third-order valence-corrected chi connectivity index (χ3v) is 23.4. The number of halogens is 4. The number of fused-ring (bicyclic) bond motifs is 12. The summed E-state index contributed by atoms with van der Waals surface area (Å²) in [6.45, 7) is 10.7. The van der Waals surface area contributed by atoms with Crippen LogP contribution in [0.1, 0.15) is 138 Å². The number of aromatic nitrogens is 4. The molecular formula is C92H94Cl4N12O12. The van der Waals surface area contributed by atoms with Crippen LogP contribution < -0.4 is 40.2 Å². The number of nitrogens with zero attached hydrogens (tertiary/aromatic N) is 4. The molecule has 4 atom stereocenters. The van der Waals surface area contributed by atoms with Crippen LogP contribution in [0.4, 0.5) is 0 Å². The second-order valence-corrected chi connectivity index (χ2v) is 32.2. The quantitative estimate of drug-likeness (QED) is 0.0472. The predicted molar refractivity (Wildman–Crippen MR) is 465 cm³/mol. The number of hydrogen-bond acceptors (Lipinski definition) is 12. The van der Waals surface area contributed by atoms with E-state index >= 15 is 0 Å². The van der Waals surface area contributed by atoms with Gasteiger partial charge in [-0.25, -0.2) is 0 Å². The highest BCUT2D eigenvalue weighted by Crippen LogP contribution is 2.45. The van der Waals surface area contributed by atoms with Crippen molar-refractivity contribution < 1.29 is 57.3 Å². The van der Waals surface area contributed by atoms with E-state index in [4.69, 9.17) is 65.4 Å². The summed E-state index contributed by atoms with van der Waals surface area (Å²) in [6.07, 6.45) is 5.60. The Morgan fingerprint density at radius 2 is 0.642 bits per heavy atom. The maximum atomic E-state index is 13.2. The van der Waals surface area contributed by atoms with Gasteiger partial charge in [-0.2, -0.15) is 0 Å². The van der Waals surface area contributed by atoms with Gasteiger partial charge in [-0.05, 0) is 237 Å². The summed E-state index contributed by atoms with van der Waals surface area (Å²) in [5.41, 5.74) is 15.7. The van der Waals surface area contributed by atoms with Crippen molar-refractivity contribution in [3.05, 3.63) is 257 Å². The molecule has 622 valence electrons. The van der Waals surface area contributed by atoms with Gasteiger partial charge in [0.05, 0.1) is 52.6 Å². The zero-order chi connectivity index (χ0) is 84.7. The first kappa shape index (κ1) is 84.5. The molecule has 0 radical (unpaired) electrons. The van der Waals surface area contributed by atoms with Gasteiger partial charge in [0.25, 0.3) is 0 Å². The van der Waals surface area contributed by atoms with Crippen LogP contribution >= 0.6 is 46.4 Å². The zero-order valence-corrected chi connectivity index (χ0v) is 70.8. The van der Waals surface area contributed by atoms with Crippen LogP contribution in [-0.2, 0) is 64.0 Å². The Bertz CT molecular complexity index is 5840. The molecule has 8 amide bonds. The number of hydrogen-bond donors (Lipinski definition) is 8. The molecule has 120 heavy (non-hydrogen) atoms. The van der Waals surface area contributed by atoms with Crippen molar-refractivity contribution in [3.8, 4) is 23.0 Å². The summed E-state index contributed by atoms with van der Waals surface area (Å²) in [5, 5.41) is 17.7. The van der Waals surface area contributed by atoms with Crippen molar-refractivity contribution in [1.29, 1.82) is 0 Å². The zero-order valence-electron chi connectivity index (χ0n) is 67.7. The molecule has 0 spiro atoms. The Hall–Kier alpha value is -12.0. The minimum absolute atomic E-state index is 0.114. The second kappa shape index (κ2) is 37.1. The monoisotopic (exact) mass is 1700 g/mol. The van der Waals surface area contributed by atoms with Crippen molar-refractivity contribution in [2.24, 2.45) is 5.92 Å². The minimum Gasteiger partial charge on any atom is -0.497 e. The van der Waals surface area contributed by atoms with E-state index in [2.05, 4.69) is 41.2 Å². The molecular weight excluding hydrogens is 1610 g/mol. The molecule has 8 N–H and O–H groups in total. The normalized spacial score (nSPS) is 16.4. The van der Waals surface area contributed by atoms with Gasteiger partial charge in [0.1, 0.15) is 23.0 Å². The standard InChI is InChI=1S/C24H24ClN3O3.2C23H24ClN3O3.C22H22ClN3O3/c1-31-17-7-4-15(5-8-17)22-21-18(19-12-16(25)6-9-20(19)27-21)10-11-28(22)24(30)23(29)26-13-14-2-3-14;1-13(2)25-22(28)23(29)27-11-10-17-18-12-15(24)6-9-19(18)26-20(17)21(27)14-4-7-16(30-3)8-5-14;1-3-11-25-22(28)23(29)27-12-10-17-18-13-15(24)6-9-19(18)26-20(17)21(27)14-4-7-16(30-2)8-5-14;1-3-24-21(27)22(28)26-11-10-16-17-12-14(23)6-9-18(17)25-19(16)20(26)13-4-7-15(29-2)8-5-13/h4-9,12,14,22,27H,2-3,10-11,13H2,1H3,(H,26,29);4-9,12-13,21,26H,10-11H2,1-3H3,(H,25,28);4-9,13,21,26H,3,10-12H2,1-2H3,(H,25,28);4-9,12,20,25H,3,10-11H2,1-2H3,(H,24,27). The van der Waals surface area contributed by atoms with Crippen molar-refractivity contribution in [2.45, 2.75) is 103 Å². The number of carbonyl (C=O) groups is 8. The van der Waals surface area contributed by atoms with Gasteiger partial charge in [-0.15, -0.1) is 0 Å². The van der Waals surface area contributed by atoms with E-state index in [0.717, 1.165) is 153 Å². The molecule has 0 saturated heterocycles. The van der Waals surface area contributed by atoms with E-state index in [-0.39, 0.29) is 12.1 Å². The van der Waals surface area contributed by atoms with E-state index in [1.54, 1.807) is 55.0 Å². The highest BCUT2D eigenvalue weighted by atomic mass is 35.5. The van der Waals surface area contributed by atoms with Crippen LogP contribution in [0.3, 0.4) is 0 Å². The molecule has 8 heterocycles. The molecule has 1 fully saturated rings. The maximum Gasteiger partial charge on any atom is 0.312 e. The van der Waals surface area contributed by atoms with Crippen LogP contribution in [0.15, 0.2) is 170 Å². The SMILES string of the molecule is CCCNC(=O)C(=O)N1CCc2c([nH]c3ccc(Cl)cc23)C1c1ccc(OC)cc1.CCNC(=O)C(=O)N1CCc2c([nH]c3ccc(Cl)cc23)C1c1ccc(OC)cc1.COc1ccc(C2c3[nH]c4ccc(Cl)cc4c3CCN2C(=O)C(=O)NC(C)C)cc1.COc1ccc(C2c3[nH]c4ccc(Cl)cc4c3CCN2C(=O)C(=O)NCC2CC2)cc1. The van der Waals surface area contributed by atoms with E-state index in [0.29, 0.717) is 97.5 Å². The number of H-pyrrole nitrogens is 4. The largest absolute Gasteiger partial charge is 0.497 e. The summed E-state index contributed by atoms with van der Waals surface area (Å²) in [6, 6.07) is 51.6. The highest BCUT2D eigenvalue weighted by Gasteiger charge is 2.42. The topological polar surface area (TPSA) is 298 Å². The van der Waals surface area contributed by atoms with Gasteiger partial charge < -0.3 is 79.8 Å². The first-order valence-corrected chi connectivity index (χ1v) is 41.6. The van der Waals surface area contributed by atoms with Gasteiger partial charge in [-0.1, -0.05) is 102 Å². The molecule has 4 unspecified atom stereocenters. The molecule has 17 rings (SSSR count). The number of aromatic amines is 4. The molecule has 4 aromatic heterocycles. The number of methoxy groups -OCH3 is 4. The summed E-state index contributed by atoms with van der Waals surface area (Å²) in [7, 11) is 6.46. The molecule has 1 saturated carbocycles. The minimum atomic E-state index is -0.592. The van der Waals surface area contributed by atoms with Crippen LogP contribution in [0.5, 0.6) is 23.0 Å². The Balaban J connectivity index is 0.000000131. The molecule has 8 aromatic carbocycles. The van der Waals surface area contributed by atoms with E-state index < -0.39 is 65.4 Å². The fourth-order valence-corrected chi connectivity index (χ4v) is 17.2. The van der Waals surface area contributed by atoms with Crippen LogP contribution in [-0.4, -0.2) is 167 Å². The smallest absolute Gasteiger partial charge is 0.312 e. The molecule has 24 nitrogen and oxygen atoms in total.